The molecule has 170 valence electrons. The predicted octanol–water partition coefficient (Wildman–Crippen LogP) is 2.54. The highest BCUT2D eigenvalue weighted by molar-refractivity contribution is 14.0. The highest BCUT2D eigenvalue weighted by atomic mass is 127. The van der Waals surface area contributed by atoms with Crippen molar-refractivity contribution in [3.05, 3.63) is 29.7 Å². The molecular formula is C20H31IN8OS. The van der Waals surface area contributed by atoms with Crippen LogP contribution in [0.25, 0.3) is 0 Å². The summed E-state index contributed by atoms with van der Waals surface area (Å²) in [4.78, 5) is 30.1. The molecule has 1 amide bonds. The summed E-state index contributed by atoms with van der Waals surface area (Å²) in [5.74, 6) is 2.25. The number of halogens is 1. The number of aliphatic imine (C=N–C) groups is 1. The molecule has 0 unspecified atom stereocenters. The van der Waals surface area contributed by atoms with Crippen LogP contribution < -0.4 is 15.5 Å². The fraction of sp³-hybridized carbons (Fsp3) is 0.550. The molecule has 1 aliphatic heterocycles. The first-order valence-corrected chi connectivity index (χ1v) is 11.2. The van der Waals surface area contributed by atoms with Gasteiger partial charge < -0.3 is 20.4 Å². The smallest absolute Gasteiger partial charge is 0.227 e. The molecule has 0 bridgehead atoms. The van der Waals surface area contributed by atoms with Crippen LogP contribution >= 0.6 is 35.5 Å². The molecule has 3 rings (SSSR count). The third kappa shape index (κ3) is 7.56. The van der Waals surface area contributed by atoms with Crippen molar-refractivity contribution in [3.8, 4) is 0 Å². The van der Waals surface area contributed by atoms with Gasteiger partial charge in [-0.2, -0.15) is 4.37 Å². The average Bonchev–Trinajstić information content (AvgIpc) is 3.24. The van der Waals surface area contributed by atoms with Crippen molar-refractivity contribution in [3.63, 3.8) is 0 Å². The van der Waals surface area contributed by atoms with Gasteiger partial charge in [-0.15, -0.1) is 24.0 Å². The van der Waals surface area contributed by atoms with Gasteiger partial charge in [0, 0.05) is 63.3 Å². The zero-order valence-corrected chi connectivity index (χ0v) is 21.4. The lowest BCUT2D eigenvalue weighted by molar-refractivity contribution is -0.116. The Hall–Kier alpha value is -2.02. The summed E-state index contributed by atoms with van der Waals surface area (Å²) in [6.07, 6.45) is 2.91. The molecular weight excluding hydrogens is 527 g/mol. The van der Waals surface area contributed by atoms with E-state index in [9.17, 15) is 4.79 Å². The van der Waals surface area contributed by atoms with Crippen LogP contribution in [-0.2, 0) is 11.2 Å². The molecule has 3 heterocycles. The van der Waals surface area contributed by atoms with Crippen molar-refractivity contribution in [2.24, 2.45) is 4.99 Å². The van der Waals surface area contributed by atoms with E-state index in [0.717, 1.165) is 61.6 Å². The molecule has 0 radical (unpaired) electrons. The summed E-state index contributed by atoms with van der Waals surface area (Å²) < 4.78 is 4.38. The number of pyridine rings is 1. The van der Waals surface area contributed by atoms with Gasteiger partial charge in [-0.1, -0.05) is 13.0 Å². The number of carbonyl (C=O) groups excluding carboxylic acids is 1. The Bertz CT molecular complexity index is 849. The van der Waals surface area contributed by atoms with Crippen LogP contribution in [0.15, 0.2) is 23.3 Å². The van der Waals surface area contributed by atoms with E-state index in [1.807, 2.05) is 19.1 Å². The van der Waals surface area contributed by atoms with Gasteiger partial charge >= 0.3 is 0 Å². The number of amides is 1. The number of carbonyl (C=O) groups is 1. The second-order valence-electron chi connectivity index (χ2n) is 7.08. The maximum Gasteiger partial charge on any atom is 0.227 e. The number of aromatic nitrogens is 3. The van der Waals surface area contributed by atoms with E-state index in [2.05, 4.69) is 53.6 Å². The zero-order chi connectivity index (χ0) is 21.3. The number of aryl methyl sites for hydroxylation is 2. The highest BCUT2D eigenvalue weighted by Crippen LogP contribution is 2.19. The second kappa shape index (κ2) is 12.7. The van der Waals surface area contributed by atoms with Crippen LogP contribution in [-0.4, -0.2) is 70.4 Å². The van der Waals surface area contributed by atoms with Gasteiger partial charge in [0.2, 0.25) is 11.0 Å². The summed E-state index contributed by atoms with van der Waals surface area (Å²) in [5.41, 5.74) is 1.06. The van der Waals surface area contributed by atoms with Gasteiger partial charge in [-0.3, -0.25) is 9.79 Å². The van der Waals surface area contributed by atoms with Crippen molar-refractivity contribution in [1.29, 1.82) is 0 Å². The average molecular weight is 558 g/mol. The van der Waals surface area contributed by atoms with Crippen molar-refractivity contribution in [1.82, 2.24) is 24.6 Å². The Morgan fingerprint density at radius 2 is 2.00 bits per heavy atom. The van der Waals surface area contributed by atoms with Gasteiger partial charge in [-0.25, -0.2) is 9.97 Å². The first kappa shape index (κ1) is 25.2. The van der Waals surface area contributed by atoms with Crippen LogP contribution in [0.2, 0.25) is 0 Å². The number of guanidine groups is 1. The molecule has 0 aliphatic carbocycles. The number of nitrogens with zero attached hydrogens (tertiary/aromatic N) is 6. The van der Waals surface area contributed by atoms with Gasteiger partial charge in [0.05, 0.1) is 6.54 Å². The molecule has 1 saturated heterocycles. The highest BCUT2D eigenvalue weighted by Gasteiger charge is 2.22. The number of rotatable bonds is 7. The predicted molar refractivity (Wildman–Crippen MR) is 137 cm³/mol. The third-order valence-corrected chi connectivity index (χ3v) is 5.55. The number of anilines is 2. The van der Waals surface area contributed by atoms with Crippen LogP contribution in [0.1, 0.15) is 31.7 Å². The Morgan fingerprint density at radius 3 is 2.61 bits per heavy atom. The van der Waals surface area contributed by atoms with Gasteiger partial charge in [0.1, 0.15) is 11.6 Å². The summed E-state index contributed by atoms with van der Waals surface area (Å²) in [6.45, 7) is 10.8. The molecule has 0 saturated carbocycles. The van der Waals surface area contributed by atoms with E-state index in [1.165, 1.54) is 11.5 Å². The normalized spacial score (nSPS) is 14.2. The van der Waals surface area contributed by atoms with Crippen molar-refractivity contribution in [2.45, 2.75) is 33.6 Å². The van der Waals surface area contributed by atoms with Crippen molar-refractivity contribution >= 4 is 58.3 Å². The van der Waals surface area contributed by atoms with E-state index in [-0.39, 0.29) is 29.9 Å². The fourth-order valence-electron chi connectivity index (χ4n) is 3.06. The molecule has 0 aromatic carbocycles. The van der Waals surface area contributed by atoms with Gasteiger partial charge in [0.15, 0.2) is 5.96 Å². The number of hydrogen-bond donors (Lipinski definition) is 2. The van der Waals surface area contributed by atoms with E-state index in [4.69, 9.17) is 0 Å². The van der Waals surface area contributed by atoms with E-state index >= 15 is 0 Å². The lowest BCUT2D eigenvalue weighted by atomic mass is 10.3. The van der Waals surface area contributed by atoms with Crippen molar-refractivity contribution < 1.29 is 4.79 Å². The minimum Gasteiger partial charge on any atom is -0.357 e. The molecule has 1 aliphatic rings. The minimum atomic E-state index is -0.0845. The molecule has 11 heteroatoms. The minimum absolute atomic E-state index is 0. The molecule has 31 heavy (non-hydrogen) atoms. The van der Waals surface area contributed by atoms with Crippen LogP contribution in [0.4, 0.5) is 10.9 Å². The van der Waals surface area contributed by atoms with Gasteiger partial charge in [-0.05, 0) is 25.5 Å². The Kier molecular flexibility index (Phi) is 10.4. The maximum absolute atomic E-state index is 12.2. The van der Waals surface area contributed by atoms with Crippen LogP contribution in [0, 0.1) is 6.92 Å². The second-order valence-corrected chi connectivity index (χ2v) is 7.81. The molecule has 9 nitrogen and oxygen atoms in total. The summed E-state index contributed by atoms with van der Waals surface area (Å²) in [5, 5.41) is 7.15. The number of hydrogen-bond acceptors (Lipinski definition) is 7. The third-order valence-electron chi connectivity index (χ3n) is 4.74. The first-order valence-electron chi connectivity index (χ1n) is 10.4. The van der Waals surface area contributed by atoms with Crippen molar-refractivity contribution in [2.75, 3.05) is 49.5 Å². The standard InChI is InChI=1S/C20H30N8OS.HI/c1-4-16-25-20(30-26-16)28-12-10-27(11-13-28)19(21-5-2)22-9-8-18(29)24-17-7-6-15(3)14-23-17;/h6-7,14H,4-5,8-13H2,1-3H3,(H,21,22)(H,23,24,29);1H. The monoisotopic (exact) mass is 558 g/mol. The van der Waals surface area contributed by atoms with Gasteiger partial charge in [0.25, 0.3) is 0 Å². The molecule has 0 spiro atoms. The SMILES string of the molecule is CCNC(=NCCC(=O)Nc1ccc(C)cn1)N1CCN(c2nc(CC)ns2)CC1.I. The summed E-state index contributed by atoms with van der Waals surface area (Å²) in [6, 6.07) is 3.73. The topological polar surface area (TPSA) is 98.6 Å². The first-order chi connectivity index (χ1) is 14.6. The lowest BCUT2D eigenvalue weighted by Crippen LogP contribution is -2.52. The fourth-order valence-corrected chi connectivity index (χ4v) is 3.86. The van der Waals surface area contributed by atoms with E-state index in [0.29, 0.717) is 18.8 Å². The zero-order valence-electron chi connectivity index (χ0n) is 18.3. The molecule has 2 N–H and O–H groups in total. The molecule has 2 aromatic heterocycles. The molecule has 1 fully saturated rings. The lowest BCUT2D eigenvalue weighted by Gasteiger charge is -2.36. The largest absolute Gasteiger partial charge is 0.357 e. The summed E-state index contributed by atoms with van der Waals surface area (Å²) >= 11 is 1.47. The summed E-state index contributed by atoms with van der Waals surface area (Å²) in [7, 11) is 0. The van der Waals surface area contributed by atoms with Crippen LogP contribution in [0.5, 0.6) is 0 Å². The number of nitrogens with one attached hydrogen (secondary N) is 2. The van der Waals surface area contributed by atoms with E-state index in [1.54, 1.807) is 6.20 Å². The molecule has 0 atom stereocenters. The quantitative estimate of drug-likeness (QED) is 0.306. The Labute approximate surface area is 204 Å². The molecule has 2 aromatic rings. The maximum atomic E-state index is 12.2. The van der Waals surface area contributed by atoms with E-state index < -0.39 is 0 Å². The Balaban J connectivity index is 0.00000341. The number of piperazine rings is 1. The van der Waals surface area contributed by atoms with Crippen LogP contribution in [0.3, 0.4) is 0 Å². The Morgan fingerprint density at radius 1 is 1.23 bits per heavy atom.